The smallest absolute Gasteiger partial charge is 0.246 e. The molecule has 0 bridgehead atoms. The largest absolute Gasteiger partial charge is 0.371 e. The maximum atomic E-state index is 12.4. The average molecular weight is 378 g/mol. The number of nitrogens with one attached hydrogen (secondary N) is 2. The lowest BCUT2D eigenvalue weighted by Crippen LogP contribution is -2.35. The first-order chi connectivity index (χ1) is 12.8. The van der Waals surface area contributed by atoms with Crippen LogP contribution < -0.4 is 10.6 Å². The molecule has 142 valence electrons. The fourth-order valence-electron chi connectivity index (χ4n) is 3.22. The van der Waals surface area contributed by atoms with Crippen molar-refractivity contribution in [2.45, 2.75) is 25.3 Å². The Kier molecular flexibility index (Phi) is 7.28. The second-order valence-electron chi connectivity index (χ2n) is 6.62. The van der Waals surface area contributed by atoms with Crippen LogP contribution in [0.3, 0.4) is 0 Å². The van der Waals surface area contributed by atoms with Gasteiger partial charge in [-0.2, -0.15) is 11.8 Å². The summed E-state index contributed by atoms with van der Waals surface area (Å²) in [6.07, 6.45) is 7.13. The van der Waals surface area contributed by atoms with Crippen LogP contribution in [0.25, 0.3) is 5.65 Å². The summed E-state index contributed by atoms with van der Waals surface area (Å²) in [6, 6.07) is 5.60. The van der Waals surface area contributed by atoms with Crippen LogP contribution in [-0.2, 0) is 9.53 Å². The van der Waals surface area contributed by atoms with Crippen molar-refractivity contribution in [3.05, 3.63) is 30.2 Å². The summed E-state index contributed by atoms with van der Waals surface area (Å²) in [5, 5.41) is 14.9. The predicted octanol–water partition coefficient (Wildman–Crippen LogP) is 1.66. The van der Waals surface area contributed by atoms with Gasteiger partial charge in [0.25, 0.3) is 0 Å². The highest BCUT2D eigenvalue weighted by Gasteiger charge is 2.20. The number of hydrogen-bond acceptors (Lipinski definition) is 6. The van der Waals surface area contributed by atoms with E-state index in [9.17, 15) is 4.79 Å². The molecule has 0 aliphatic carbocycles. The molecular formula is C18H27N5O2S. The Morgan fingerprint density at radius 2 is 2.42 bits per heavy atom. The molecule has 26 heavy (non-hydrogen) atoms. The number of fused-ring (bicyclic) bond motifs is 1. The number of thioether (sulfide) groups is 1. The fourth-order valence-corrected chi connectivity index (χ4v) is 3.69. The van der Waals surface area contributed by atoms with Crippen LogP contribution in [0.5, 0.6) is 0 Å². The Hall–Kier alpha value is -1.64. The number of piperidine rings is 1. The summed E-state index contributed by atoms with van der Waals surface area (Å²) in [7, 11) is 0. The molecule has 2 aromatic heterocycles. The summed E-state index contributed by atoms with van der Waals surface area (Å²) in [5.74, 6) is 2.10. The van der Waals surface area contributed by atoms with Crippen molar-refractivity contribution >= 4 is 23.3 Å². The zero-order valence-corrected chi connectivity index (χ0v) is 16.0. The molecule has 1 fully saturated rings. The summed E-state index contributed by atoms with van der Waals surface area (Å²) in [5.41, 5.74) is 0.784. The van der Waals surface area contributed by atoms with E-state index in [0.29, 0.717) is 12.5 Å². The lowest BCUT2D eigenvalue weighted by atomic mass is 10.0. The maximum absolute atomic E-state index is 12.4. The van der Waals surface area contributed by atoms with E-state index in [1.807, 2.05) is 28.8 Å². The van der Waals surface area contributed by atoms with Crippen LogP contribution >= 0.6 is 11.8 Å². The Labute approximate surface area is 158 Å². The van der Waals surface area contributed by atoms with Gasteiger partial charge >= 0.3 is 0 Å². The number of rotatable bonds is 9. The third-order valence-corrected chi connectivity index (χ3v) is 5.23. The van der Waals surface area contributed by atoms with Gasteiger partial charge < -0.3 is 15.4 Å². The highest BCUT2D eigenvalue weighted by molar-refractivity contribution is 7.98. The van der Waals surface area contributed by atoms with Crippen molar-refractivity contribution in [3.63, 3.8) is 0 Å². The van der Waals surface area contributed by atoms with Gasteiger partial charge in [0.15, 0.2) is 11.5 Å². The van der Waals surface area contributed by atoms with Crippen LogP contribution in [0.15, 0.2) is 24.4 Å². The Bertz CT molecular complexity index is 702. The molecule has 1 amide bonds. The van der Waals surface area contributed by atoms with Crippen molar-refractivity contribution in [2.24, 2.45) is 5.92 Å². The first-order valence-corrected chi connectivity index (χ1v) is 10.5. The molecule has 1 aliphatic rings. The van der Waals surface area contributed by atoms with Gasteiger partial charge in [0.1, 0.15) is 6.61 Å². The molecule has 0 radical (unpaired) electrons. The van der Waals surface area contributed by atoms with Gasteiger partial charge in [-0.05, 0) is 55.9 Å². The molecule has 0 saturated carbocycles. The highest BCUT2D eigenvalue weighted by atomic mass is 32.2. The molecule has 0 spiro atoms. The van der Waals surface area contributed by atoms with Crippen molar-refractivity contribution in [3.8, 4) is 0 Å². The summed E-state index contributed by atoms with van der Waals surface area (Å²) in [6.45, 7) is 2.77. The summed E-state index contributed by atoms with van der Waals surface area (Å²) in [4.78, 5) is 12.4. The first kappa shape index (κ1) is 19.1. The molecule has 2 aromatic rings. The fraction of sp³-hybridized carbons (Fsp3) is 0.611. The van der Waals surface area contributed by atoms with Crippen LogP contribution in [0, 0.1) is 5.92 Å². The number of pyridine rings is 1. The molecule has 2 N–H and O–H groups in total. The number of hydrogen-bond donors (Lipinski definition) is 2. The topological polar surface area (TPSA) is 80.5 Å². The molecule has 8 heteroatoms. The van der Waals surface area contributed by atoms with Crippen molar-refractivity contribution < 1.29 is 9.53 Å². The molecule has 1 aliphatic heterocycles. The lowest BCUT2D eigenvalue weighted by molar-refractivity contribution is -0.127. The standard InChI is InChI=1S/C18H27N5O2S/c1-26-10-7-15(18-22-21-16-6-2-3-9-23(16)18)20-17(24)13-25-12-14-5-4-8-19-11-14/h2-3,6,9,14-15,19H,4-5,7-8,10-13H2,1H3,(H,20,24)/t14-,15+/m1/s1. The van der Waals surface area contributed by atoms with Gasteiger partial charge in [0.05, 0.1) is 12.6 Å². The zero-order valence-electron chi connectivity index (χ0n) is 15.2. The Morgan fingerprint density at radius 3 is 3.23 bits per heavy atom. The van der Waals surface area contributed by atoms with Gasteiger partial charge in [-0.1, -0.05) is 6.07 Å². The highest BCUT2D eigenvalue weighted by Crippen LogP contribution is 2.18. The number of nitrogens with zero attached hydrogens (tertiary/aromatic N) is 3. The molecule has 0 aromatic carbocycles. The van der Waals surface area contributed by atoms with Gasteiger partial charge in [-0.15, -0.1) is 10.2 Å². The van der Waals surface area contributed by atoms with E-state index in [4.69, 9.17) is 4.74 Å². The van der Waals surface area contributed by atoms with E-state index in [1.165, 1.54) is 6.42 Å². The third-order valence-electron chi connectivity index (χ3n) is 4.58. The summed E-state index contributed by atoms with van der Waals surface area (Å²) < 4.78 is 7.58. The SMILES string of the molecule is CSCC[C@H](NC(=O)COC[C@@H]1CCCNC1)c1nnc2ccccn12. The second kappa shape index (κ2) is 9.89. The summed E-state index contributed by atoms with van der Waals surface area (Å²) >= 11 is 1.75. The molecule has 2 atom stereocenters. The van der Waals surface area contributed by atoms with Gasteiger partial charge in [-0.3, -0.25) is 9.20 Å². The number of carbonyl (C=O) groups excluding carboxylic acids is 1. The molecule has 0 unspecified atom stereocenters. The van der Waals surface area contributed by atoms with Gasteiger partial charge in [0, 0.05) is 12.7 Å². The quantitative estimate of drug-likeness (QED) is 0.692. The Balaban J connectivity index is 1.56. The van der Waals surface area contributed by atoms with Crippen LogP contribution in [0.4, 0.5) is 0 Å². The second-order valence-corrected chi connectivity index (χ2v) is 7.60. The normalized spacial score (nSPS) is 18.7. The maximum Gasteiger partial charge on any atom is 0.246 e. The van der Waals surface area contributed by atoms with Crippen LogP contribution in [0.1, 0.15) is 31.1 Å². The Morgan fingerprint density at radius 1 is 1.50 bits per heavy atom. The van der Waals surface area contributed by atoms with Crippen LogP contribution in [0.2, 0.25) is 0 Å². The average Bonchev–Trinajstić information content (AvgIpc) is 3.10. The third kappa shape index (κ3) is 5.18. The molecule has 3 rings (SSSR count). The molecular weight excluding hydrogens is 350 g/mol. The minimum absolute atomic E-state index is 0.0863. The van der Waals surface area contributed by atoms with Crippen molar-refractivity contribution in [1.29, 1.82) is 0 Å². The minimum atomic E-state index is -0.174. The lowest BCUT2D eigenvalue weighted by Gasteiger charge is -2.22. The van der Waals surface area contributed by atoms with Crippen molar-refractivity contribution in [1.82, 2.24) is 25.2 Å². The number of ether oxygens (including phenoxy) is 1. The number of carbonyl (C=O) groups is 1. The zero-order chi connectivity index (χ0) is 18.2. The van der Waals surface area contributed by atoms with Gasteiger partial charge in [0.2, 0.25) is 5.91 Å². The van der Waals surface area contributed by atoms with E-state index < -0.39 is 0 Å². The van der Waals surface area contributed by atoms with Crippen molar-refractivity contribution in [2.75, 3.05) is 38.3 Å². The molecule has 3 heterocycles. The van der Waals surface area contributed by atoms with Gasteiger partial charge in [-0.25, -0.2) is 0 Å². The van der Waals surface area contributed by atoms with Crippen LogP contribution in [-0.4, -0.2) is 58.8 Å². The number of aromatic nitrogens is 3. The predicted molar refractivity (Wildman–Crippen MR) is 103 cm³/mol. The molecule has 1 saturated heterocycles. The molecule has 7 nitrogen and oxygen atoms in total. The van der Waals surface area contributed by atoms with E-state index >= 15 is 0 Å². The van der Waals surface area contributed by atoms with E-state index in [2.05, 4.69) is 27.1 Å². The van der Waals surface area contributed by atoms with E-state index in [1.54, 1.807) is 11.8 Å². The first-order valence-electron chi connectivity index (χ1n) is 9.14. The van der Waals surface area contributed by atoms with E-state index in [0.717, 1.165) is 43.2 Å². The minimum Gasteiger partial charge on any atom is -0.371 e. The number of amides is 1. The van der Waals surface area contributed by atoms with E-state index in [-0.39, 0.29) is 18.6 Å². The monoisotopic (exact) mass is 377 g/mol.